The number of likely N-dealkylation sites (N-methyl/N-ethyl adjacent to an activating group) is 1. The van der Waals surface area contributed by atoms with Crippen molar-refractivity contribution in [3.63, 3.8) is 0 Å². The van der Waals surface area contributed by atoms with Gasteiger partial charge in [0, 0.05) is 38.4 Å². The number of ether oxygens (including phenoxy) is 1. The highest BCUT2D eigenvalue weighted by atomic mass is 19.1. The van der Waals surface area contributed by atoms with Gasteiger partial charge in [-0.25, -0.2) is 14.0 Å². The summed E-state index contributed by atoms with van der Waals surface area (Å²) >= 11 is 0. The molecule has 1 aromatic rings. The number of nitrogens with one attached hydrogen (secondary N) is 2. The Balaban J connectivity index is 1.94. The number of nitrogens with zero attached hydrogens (tertiary/aromatic N) is 2. The molecule has 2 heterocycles. The highest BCUT2D eigenvalue weighted by molar-refractivity contribution is 5.95. The molecule has 0 spiro atoms. The van der Waals surface area contributed by atoms with Crippen LogP contribution >= 0.6 is 0 Å². The van der Waals surface area contributed by atoms with E-state index in [1.54, 1.807) is 19.1 Å². The number of benzene rings is 1. The third-order valence-corrected chi connectivity index (χ3v) is 4.83. The van der Waals surface area contributed by atoms with E-state index >= 15 is 0 Å². The van der Waals surface area contributed by atoms with Gasteiger partial charge in [-0.05, 0) is 31.7 Å². The first-order valence-corrected chi connectivity index (χ1v) is 9.12. The van der Waals surface area contributed by atoms with Crippen LogP contribution in [-0.4, -0.2) is 68.2 Å². The van der Waals surface area contributed by atoms with Crippen LogP contribution in [0.25, 0.3) is 0 Å². The Morgan fingerprint density at radius 2 is 1.89 bits per heavy atom. The second-order valence-electron chi connectivity index (χ2n) is 6.78. The molecule has 0 aliphatic carbocycles. The molecule has 0 unspecified atom stereocenters. The molecule has 1 fully saturated rings. The van der Waals surface area contributed by atoms with Crippen molar-refractivity contribution in [1.29, 1.82) is 0 Å². The van der Waals surface area contributed by atoms with Crippen molar-refractivity contribution in [3.8, 4) is 0 Å². The van der Waals surface area contributed by atoms with Crippen molar-refractivity contribution in [1.82, 2.24) is 20.4 Å². The molecule has 2 amide bonds. The molecule has 0 bridgehead atoms. The average Bonchev–Trinajstić information content (AvgIpc) is 2.64. The van der Waals surface area contributed by atoms with E-state index in [2.05, 4.69) is 27.5 Å². The molecule has 2 N–H and O–H groups in total. The van der Waals surface area contributed by atoms with Crippen molar-refractivity contribution in [2.45, 2.75) is 13.0 Å². The van der Waals surface area contributed by atoms with Crippen LogP contribution in [0.4, 0.5) is 9.18 Å². The molecule has 0 aromatic heterocycles. The van der Waals surface area contributed by atoms with Gasteiger partial charge in [0.2, 0.25) is 0 Å². The number of rotatable bonds is 5. The predicted octanol–water partition coefficient (Wildman–Crippen LogP) is 1.24. The first kappa shape index (κ1) is 19.3. The molecular formula is C19H25FN4O3. The number of urea groups is 1. The summed E-state index contributed by atoms with van der Waals surface area (Å²) in [6.45, 7) is 5.97. The Hall–Kier alpha value is -2.45. The lowest BCUT2D eigenvalue weighted by Gasteiger charge is -2.35. The van der Waals surface area contributed by atoms with E-state index in [9.17, 15) is 14.0 Å². The fourth-order valence-corrected chi connectivity index (χ4v) is 3.33. The predicted molar refractivity (Wildman–Crippen MR) is 98.4 cm³/mol. The van der Waals surface area contributed by atoms with E-state index in [0.717, 1.165) is 26.2 Å². The Kier molecular flexibility index (Phi) is 6.08. The number of hydrogen-bond donors (Lipinski definition) is 2. The molecule has 2 aliphatic rings. The first-order chi connectivity index (χ1) is 13.0. The van der Waals surface area contributed by atoms with Gasteiger partial charge in [-0.15, -0.1) is 0 Å². The summed E-state index contributed by atoms with van der Waals surface area (Å²) in [7, 11) is 2.07. The van der Waals surface area contributed by atoms with Gasteiger partial charge in [-0.2, -0.15) is 0 Å². The van der Waals surface area contributed by atoms with Gasteiger partial charge >= 0.3 is 12.0 Å². The molecule has 3 rings (SSSR count). The van der Waals surface area contributed by atoms with Gasteiger partial charge in [0.25, 0.3) is 0 Å². The summed E-state index contributed by atoms with van der Waals surface area (Å²) < 4.78 is 18.5. The lowest BCUT2D eigenvalue weighted by atomic mass is 9.95. The SMILES string of the molecule is CCOC(=O)C1=C(CN2CCN(C)CC2)NC(=O)N[C@@H]1c1ccc(F)cc1. The molecule has 2 aliphatic heterocycles. The zero-order chi connectivity index (χ0) is 19.4. The topological polar surface area (TPSA) is 73.9 Å². The van der Waals surface area contributed by atoms with Crippen molar-refractivity contribution in [2.75, 3.05) is 46.4 Å². The lowest BCUT2D eigenvalue weighted by molar-refractivity contribution is -0.139. The second-order valence-corrected chi connectivity index (χ2v) is 6.78. The monoisotopic (exact) mass is 376 g/mol. The van der Waals surface area contributed by atoms with Crippen LogP contribution in [0.1, 0.15) is 18.5 Å². The summed E-state index contributed by atoms with van der Waals surface area (Å²) in [5.41, 5.74) is 1.53. The van der Waals surface area contributed by atoms with Gasteiger partial charge in [0.05, 0.1) is 18.2 Å². The van der Waals surface area contributed by atoms with Crippen molar-refractivity contribution >= 4 is 12.0 Å². The van der Waals surface area contributed by atoms with E-state index in [0.29, 0.717) is 23.4 Å². The van der Waals surface area contributed by atoms with Gasteiger partial charge in [0.15, 0.2) is 0 Å². The van der Waals surface area contributed by atoms with Crippen molar-refractivity contribution in [2.24, 2.45) is 0 Å². The molecule has 146 valence electrons. The van der Waals surface area contributed by atoms with Crippen LogP contribution in [0.2, 0.25) is 0 Å². The number of piperazine rings is 1. The third kappa shape index (κ3) is 4.64. The molecule has 8 heteroatoms. The maximum atomic E-state index is 13.3. The molecule has 0 saturated carbocycles. The standard InChI is InChI=1S/C19H25FN4O3/c1-3-27-18(25)16-15(12-24-10-8-23(2)9-11-24)21-19(26)22-17(16)13-4-6-14(20)7-5-13/h4-7,17H,3,8-12H2,1-2H3,(H2,21,22,26)/t17-/m1/s1. The second kappa shape index (κ2) is 8.49. The summed E-state index contributed by atoms with van der Waals surface area (Å²) in [4.78, 5) is 29.4. The lowest BCUT2D eigenvalue weighted by Crippen LogP contribution is -2.51. The third-order valence-electron chi connectivity index (χ3n) is 4.83. The van der Waals surface area contributed by atoms with E-state index in [-0.39, 0.29) is 18.5 Å². The maximum absolute atomic E-state index is 13.3. The number of carbonyl (C=O) groups excluding carboxylic acids is 2. The Bertz CT molecular complexity index is 727. The summed E-state index contributed by atoms with van der Waals surface area (Å²) in [5, 5.41) is 5.53. The zero-order valence-corrected chi connectivity index (χ0v) is 15.6. The molecule has 1 aromatic carbocycles. The average molecular weight is 376 g/mol. The van der Waals surface area contributed by atoms with Crippen LogP contribution in [0.3, 0.4) is 0 Å². The van der Waals surface area contributed by atoms with Crippen molar-refractivity contribution in [3.05, 3.63) is 46.9 Å². The largest absolute Gasteiger partial charge is 0.463 e. The summed E-state index contributed by atoms with van der Waals surface area (Å²) in [6.07, 6.45) is 0. The fourth-order valence-electron chi connectivity index (χ4n) is 3.33. The Morgan fingerprint density at radius 1 is 1.22 bits per heavy atom. The summed E-state index contributed by atoms with van der Waals surface area (Å²) in [6, 6.07) is 4.69. The molecule has 27 heavy (non-hydrogen) atoms. The van der Waals surface area contributed by atoms with E-state index in [1.807, 2.05) is 0 Å². The van der Waals surface area contributed by atoms with Crippen LogP contribution in [0, 0.1) is 5.82 Å². The van der Waals surface area contributed by atoms with Crippen LogP contribution in [-0.2, 0) is 9.53 Å². The number of hydrogen-bond acceptors (Lipinski definition) is 5. The van der Waals surface area contributed by atoms with Crippen molar-refractivity contribution < 1.29 is 18.7 Å². The first-order valence-electron chi connectivity index (χ1n) is 9.12. The molecule has 1 atom stereocenters. The van der Waals surface area contributed by atoms with Crippen LogP contribution in [0.15, 0.2) is 35.5 Å². The van der Waals surface area contributed by atoms with Crippen LogP contribution < -0.4 is 10.6 Å². The van der Waals surface area contributed by atoms with E-state index < -0.39 is 12.0 Å². The minimum Gasteiger partial charge on any atom is -0.463 e. The van der Waals surface area contributed by atoms with Crippen LogP contribution in [0.5, 0.6) is 0 Å². The van der Waals surface area contributed by atoms with Gasteiger partial charge in [0.1, 0.15) is 5.82 Å². The fraction of sp³-hybridized carbons (Fsp3) is 0.474. The molecule has 7 nitrogen and oxygen atoms in total. The molecular weight excluding hydrogens is 351 g/mol. The minimum atomic E-state index is -0.680. The molecule has 0 radical (unpaired) electrons. The highest BCUT2D eigenvalue weighted by Crippen LogP contribution is 2.28. The molecule has 1 saturated heterocycles. The van der Waals surface area contributed by atoms with Gasteiger partial charge < -0.3 is 20.3 Å². The zero-order valence-electron chi connectivity index (χ0n) is 15.6. The van der Waals surface area contributed by atoms with E-state index in [1.165, 1.54) is 12.1 Å². The number of halogens is 1. The van der Waals surface area contributed by atoms with Gasteiger partial charge in [-0.1, -0.05) is 12.1 Å². The Labute approximate surface area is 158 Å². The van der Waals surface area contributed by atoms with Gasteiger partial charge in [-0.3, -0.25) is 4.90 Å². The number of carbonyl (C=O) groups is 2. The highest BCUT2D eigenvalue weighted by Gasteiger charge is 2.34. The maximum Gasteiger partial charge on any atom is 0.338 e. The number of amides is 2. The quantitative estimate of drug-likeness (QED) is 0.757. The van der Waals surface area contributed by atoms with E-state index in [4.69, 9.17) is 4.74 Å². The smallest absolute Gasteiger partial charge is 0.338 e. The minimum absolute atomic E-state index is 0.230. The summed E-state index contributed by atoms with van der Waals surface area (Å²) in [5.74, 6) is -0.859. The Morgan fingerprint density at radius 3 is 2.52 bits per heavy atom. The normalized spacial score (nSPS) is 21.6. The number of esters is 1.